The van der Waals surface area contributed by atoms with Crippen molar-refractivity contribution in [1.82, 2.24) is 10.2 Å². The summed E-state index contributed by atoms with van der Waals surface area (Å²) in [5, 5.41) is 13.7. The molecule has 0 aliphatic carbocycles. The highest BCUT2D eigenvalue weighted by molar-refractivity contribution is 9.10. The van der Waals surface area contributed by atoms with E-state index in [2.05, 4.69) is 21.2 Å². The molecule has 18 heavy (non-hydrogen) atoms. The third-order valence-corrected chi connectivity index (χ3v) is 3.26. The van der Waals surface area contributed by atoms with Gasteiger partial charge in [0.05, 0.1) is 15.9 Å². The van der Waals surface area contributed by atoms with Crippen LogP contribution in [0, 0.1) is 10.1 Å². The van der Waals surface area contributed by atoms with Gasteiger partial charge in [-0.3, -0.25) is 14.9 Å². The molecule has 0 spiro atoms. The van der Waals surface area contributed by atoms with Gasteiger partial charge < -0.3 is 10.2 Å². The Morgan fingerprint density at radius 2 is 2.17 bits per heavy atom. The Kier molecular flexibility index (Phi) is 5.24. The summed E-state index contributed by atoms with van der Waals surface area (Å²) in [6, 6.07) is 4.82. The van der Waals surface area contributed by atoms with Gasteiger partial charge in [0.1, 0.15) is 0 Å². The van der Waals surface area contributed by atoms with E-state index in [4.69, 9.17) is 0 Å². The van der Waals surface area contributed by atoms with E-state index >= 15 is 0 Å². The largest absolute Gasteiger partial charge is 0.348 e. The molecule has 1 aromatic carbocycles. The molecule has 0 unspecified atom stereocenters. The highest BCUT2D eigenvalue weighted by Gasteiger charge is 2.14. The van der Waals surface area contributed by atoms with Gasteiger partial charge in [-0.15, -0.1) is 0 Å². The van der Waals surface area contributed by atoms with Crippen LogP contribution in [0.3, 0.4) is 0 Å². The van der Waals surface area contributed by atoms with Crippen molar-refractivity contribution in [3.63, 3.8) is 0 Å². The average molecular weight is 316 g/mol. The van der Waals surface area contributed by atoms with Gasteiger partial charge in [-0.1, -0.05) is 12.1 Å². The summed E-state index contributed by atoms with van der Waals surface area (Å²) < 4.78 is 0.444. The zero-order valence-electron chi connectivity index (χ0n) is 10.1. The van der Waals surface area contributed by atoms with Crippen LogP contribution in [0.25, 0.3) is 0 Å². The summed E-state index contributed by atoms with van der Waals surface area (Å²) in [5.74, 6) is -0.0449. The summed E-state index contributed by atoms with van der Waals surface area (Å²) in [4.78, 5) is 23.1. The number of nitro groups is 1. The van der Waals surface area contributed by atoms with E-state index in [1.807, 2.05) is 0 Å². The first kappa shape index (κ1) is 14.6. The quantitative estimate of drug-likeness (QED) is 0.660. The van der Waals surface area contributed by atoms with Gasteiger partial charge in [-0.25, -0.2) is 0 Å². The number of rotatable bonds is 5. The lowest BCUT2D eigenvalue weighted by Crippen LogP contribution is -2.32. The summed E-state index contributed by atoms with van der Waals surface area (Å²) in [7, 11) is 3.35. The Labute approximate surface area is 113 Å². The molecule has 0 heterocycles. The second kappa shape index (κ2) is 6.46. The van der Waals surface area contributed by atoms with Crippen molar-refractivity contribution in [3.05, 3.63) is 38.3 Å². The number of amides is 1. The van der Waals surface area contributed by atoms with Gasteiger partial charge in [-0.05, 0) is 21.5 Å². The monoisotopic (exact) mass is 315 g/mol. The van der Waals surface area contributed by atoms with Crippen LogP contribution in [0.2, 0.25) is 0 Å². The standard InChI is InChI=1S/C11H14BrN3O3/c1-14(2)10(16)7-13-6-8-4-3-5-9(11(8)12)15(17)18/h3-5,13H,6-7H2,1-2H3. The van der Waals surface area contributed by atoms with Crippen molar-refractivity contribution in [2.45, 2.75) is 6.54 Å². The number of nitrogens with zero attached hydrogens (tertiary/aromatic N) is 2. The third kappa shape index (κ3) is 3.78. The molecule has 1 aromatic rings. The van der Waals surface area contributed by atoms with Crippen molar-refractivity contribution in [2.24, 2.45) is 0 Å². The van der Waals surface area contributed by atoms with Crippen molar-refractivity contribution in [3.8, 4) is 0 Å². The first-order valence-corrected chi connectivity index (χ1v) is 6.05. The smallest absolute Gasteiger partial charge is 0.283 e. The number of nitrogens with one attached hydrogen (secondary N) is 1. The van der Waals surface area contributed by atoms with Crippen LogP contribution in [0.1, 0.15) is 5.56 Å². The van der Waals surface area contributed by atoms with Crippen LogP contribution >= 0.6 is 15.9 Å². The maximum absolute atomic E-state index is 11.3. The van der Waals surface area contributed by atoms with Crippen molar-refractivity contribution in [1.29, 1.82) is 0 Å². The Bertz CT molecular complexity index is 463. The maximum atomic E-state index is 11.3. The lowest BCUT2D eigenvalue weighted by atomic mass is 10.2. The lowest BCUT2D eigenvalue weighted by Gasteiger charge is -2.11. The number of benzene rings is 1. The number of nitro benzene ring substituents is 1. The number of carbonyl (C=O) groups excluding carboxylic acids is 1. The minimum absolute atomic E-state index is 0.0215. The van der Waals surface area contributed by atoms with E-state index in [9.17, 15) is 14.9 Å². The van der Waals surface area contributed by atoms with Crippen LogP contribution in [-0.2, 0) is 11.3 Å². The van der Waals surface area contributed by atoms with E-state index in [1.165, 1.54) is 11.0 Å². The van der Waals surface area contributed by atoms with Crippen LogP contribution in [0.4, 0.5) is 5.69 Å². The SMILES string of the molecule is CN(C)C(=O)CNCc1cccc([N+](=O)[O-])c1Br. The first-order chi connectivity index (χ1) is 8.43. The fourth-order valence-corrected chi connectivity index (χ4v) is 1.86. The number of likely N-dealkylation sites (N-methyl/N-ethyl adjacent to an activating group) is 1. The molecule has 0 fully saturated rings. The van der Waals surface area contributed by atoms with Gasteiger partial charge in [0, 0.05) is 26.7 Å². The molecule has 0 radical (unpaired) electrons. The number of carbonyl (C=O) groups is 1. The van der Waals surface area contributed by atoms with Crippen molar-refractivity contribution >= 4 is 27.5 Å². The molecule has 0 atom stereocenters. The zero-order valence-corrected chi connectivity index (χ0v) is 11.7. The van der Waals surface area contributed by atoms with E-state index in [0.717, 1.165) is 5.56 Å². The number of halogens is 1. The van der Waals surface area contributed by atoms with Crippen LogP contribution < -0.4 is 5.32 Å². The molecule has 1 amide bonds. The van der Waals surface area contributed by atoms with Crippen LogP contribution in [0.5, 0.6) is 0 Å². The predicted octanol–water partition coefficient (Wildman–Crippen LogP) is 1.54. The maximum Gasteiger partial charge on any atom is 0.283 e. The molecule has 7 heteroatoms. The van der Waals surface area contributed by atoms with Crippen molar-refractivity contribution in [2.75, 3.05) is 20.6 Å². The summed E-state index contributed by atoms with van der Waals surface area (Å²) in [6.07, 6.45) is 0. The second-order valence-corrected chi connectivity index (χ2v) is 4.69. The van der Waals surface area contributed by atoms with Crippen LogP contribution in [-0.4, -0.2) is 36.4 Å². The Morgan fingerprint density at radius 1 is 1.50 bits per heavy atom. The Hall–Kier alpha value is -1.47. The highest BCUT2D eigenvalue weighted by Crippen LogP contribution is 2.27. The topological polar surface area (TPSA) is 75.5 Å². The molecular weight excluding hydrogens is 302 g/mol. The van der Waals surface area contributed by atoms with E-state index < -0.39 is 4.92 Å². The van der Waals surface area contributed by atoms with E-state index in [1.54, 1.807) is 26.2 Å². The summed E-state index contributed by atoms with van der Waals surface area (Å²) in [5.41, 5.74) is 0.768. The molecule has 0 bridgehead atoms. The predicted molar refractivity (Wildman–Crippen MR) is 71.2 cm³/mol. The Balaban J connectivity index is 2.66. The minimum Gasteiger partial charge on any atom is -0.348 e. The van der Waals surface area contributed by atoms with Gasteiger partial charge in [-0.2, -0.15) is 0 Å². The molecule has 6 nitrogen and oxygen atoms in total. The van der Waals surface area contributed by atoms with Gasteiger partial charge in [0.15, 0.2) is 0 Å². The highest BCUT2D eigenvalue weighted by atomic mass is 79.9. The number of hydrogen-bond donors (Lipinski definition) is 1. The van der Waals surface area contributed by atoms with Crippen molar-refractivity contribution < 1.29 is 9.72 Å². The molecule has 0 aromatic heterocycles. The fourth-order valence-electron chi connectivity index (χ4n) is 1.31. The molecule has 1 N–H and O–H groups in total. The Morgan fingerprint density at radius 3 is 2.72 bits per heavy atom. The minimum atomic E-state index is -0.446. The molecule has 1 rings (SSSR count). The molecule has 0 saturated heterocycles. The summed E-state index contributed by atoms with van der Waals surface area (Å²) in [6.45, 7) is 0.587. The van der Waals surface area contributed by atoms with Gasteiger partial charge in [0.2, 0.25) is 5.91 Å². The van der Waals surface area contributed by atoms with E-state index in [-0.39, 0.29) is 18.1 Å². The molecule has 98 valence electrons. The molecule has 0 saturated carbocycles. The zero-order chi connectivity index (χ0) is 13.7. The normalized spacial score (nSPS) is 10.2. The van der Waals surface area contributed by atoms with Gasteiger partial charge in [0.25, 0.3) is 5.69 Å². The molecule has 0 aliphatic rings. The summed E-state index contributed by atoms with van der Waals surface area (Å²) >= 11 is 3.20. The van der Waals surface area contributed by atoms with E-state index in [0.29, 0.717) is 11.0 Å². The fraction of sp³-hybridized carbons (Fsp3) is 0.364. The lowest BCUT2D eigenvalue weighted by molar-refractivity contribution is -0.385. The first-order valence-electron chi connectivity index (χ1n) is 5.26. The van der Waals surface area contributed by atoms with Gasteiger partial charge >= 0.3 is 0 Å². The third-order valence-electron chi connectivity index (χ3n) is 2.35. The number of hydrogen-bond acceptors (Lipinski definition) is 4. The molecular formula is C11H14BrN3O3. The average Bonchev–Trinajstić information content (AvgIpc) is 2.30. The molecule has 0 aliphatic heterocycles. The van der Waals surface area contributed by atoms with Crippen LogP contribution in [0.15, 0.2) is 22.7 Å². The second-order valence-electron chi connectivity index (χ2n) is 3.90.